The van der Waals surface area contributed by atoms with Crippen LogP contribution in [-0.4, -0.2) is 29.2 Å². The van der Waals surface area contributed by atoms with Crippen LogP contribution in [0.4, 0.5) is 8.78 Å². The molecule has 1 aromatic carbocycles. The SMILES string of the molecule is CC(C)N(CCO)Cc1c(F)cccc1F. The fourth-order valence-electron chi connectivity index (χ4n) is 1.53. The number of rotatable bonds is 5. The molecule has 1 N–H and O–H groups in total. The summed E-state index contributed by atoms with van der Waals surface area (Å²) in [5.74, 6) is -1.08. The summed E-state index contributed by atoms with van der Waals surface area (Å²) >= 11 is 0. The molecule has 0 radical (unpaired) electrons. The Bertz CT molecular complexity index is 322. The van der Waals surface area contributed by atoms with Crippen LogP contribution in [0.25, 0.3) is 0 Å². The first-order valence-corrected chi connectivity index (χ1v) is 5.34. The Balaban J connectivity index is 2.84. The Morgan fingerprint density at radius 2 is 1.81 bits per heavy atom. The van der Waals surface area contributed by atoms with Crippen LogP contribution in [0, 0.1) is 11.6 Å². The summed E-state index contributed by atoms with van der Waals surface area (Å²) < 4.78 is 26.8. The summed E-state index contributed by atoms with van der Waals surface area (Å²) in [6.07, 6.45) is 0. The van der Waals surface area contributed by atoms with Crippen LogP contribution in [0.3, 0.4) is 0 Å². The van der Waals surface area contributed by atoms with Gasteiger partial charge < -0.3 is 5.11 Å². The van der Waals surface area contributed by atoms with Gasteiger partial charge >= 0.3 is 0 Å². The van der Waals surface area contributed by atoms with Gasteiger partial charge in [-0.05, 0) is 26.0 Å². The molecule has 0 spiro atoms. The number of halogens is 2. The van der Waals surface area contributed by atoms with Crippen molar-refractivity contribution >= 4 is 0 Å². The van der Waals surface area contributed by atoms with Gasteiger partial charge in [0.2, 0.25) is 0 Å². The lowest BCUT2D eigenvalue weighted by atomic mass is 10.1. The van der Waals surface area contributed by atoms with Crippen LogP contribution in [0.2, 0.25) is 0 Å². The molecular formula is C12H17F2NO. The van der Waals surface area contributed by atoms with Gasteiger partial charge in [0.05, 0.1) is 6.61 Å². The van der Waals surface area contributed by atoms with Crippen molar-refractivity contribution in [1.82, 2.24) is 4.90 Å². The lowest BCUT2D eigenvalue weighted by molar-refractivity contribution is 0.156. The first kappa shape index (κ1) is 13.1. The maximum Gasteiger partial charge on any atom is 0.130 e. The van der Waals surface area contributed by atoms with Crippen molar-refractivity contribution in [3.05, 3.63) is 35.4 Å². The second kappa shape index (κ2) is 5.92. The molecule has 1 aromatic rings. The lowest BCUT2D eigenvalue weighted by Crippen LogP contribution is -2.33. The first-order valence-electron chi connectivity index (χ1n) is 5.34. The molecule has 90 valence electrons. The Morgan fingerprint density at radius 1 is 1.25 bits per heavy atom. The minimum Gasteiger partial charge on any atom is -0.395 e. The van der Waals surface area contributed by atoms with Crippen LogP contribution in [-0.2, 0) is 6.54 Å². The van der Waals surface area contributed by atoms with Gasteiger partial charge in [0, 0.05) is 24.7 Å². The molecular weight excluding hydrogens is 212 g/mol. The van der Waals surface area contributed by atoms with Crippen molar-refractivity contribution in [1.29, 1.82) is 0 Å². The molecule has 1 rings (SSSR count). The number of aliphatic hydroxyl groups is 1. The quantitative estimate of drug-likeness (QED) is 0.836. The average Bonchev–Trinajstić information content (AvgIpc) is 2.21. The lowest BCUT2D eigenvalue weighted by Gasteiger charge is -2.25. The van der Waals surface area contributed by atoms with E-state index < -0.39 is 11.6 Å². The van der Waals surface area contributed by atoms with Gasteiger partial charge in [-0.15, -0.1) is 0 Å². The van der Waals surface area contributed by atoms with E-state index in [1.165, 1.54) is 18.2 Å². The normalized spacial score (nSPS) is 11.4. The van der Waals surface area contributed by atoms with Gasteiger partial charge in [-0.1, -0.05) is 6.07 Å². The largest absolute Gasteiger partial charge is 0.395 e. The predicted octanol–water partition coefficient (Wildman–Crippen LogP) is 2.17. The first-order chi connectivity index (χ1) is 7.56. The molecule has 0 saturated carbocycles. The molecule has 0 aromatic heterocycles. The van der Waals surface area contributed by atoms with E-state index in [2.05, 4.69) is 0 Å². The van der Waals surface area contributed by atoms with Crippen LogP contribution in [0.5, 0.6) is 0 Å². The third kappa shape index (κ3) is 3.25. The smallest absolute Gasteiger partial charge is 0.130 e. The average molecular weight is 229 g/mol. The van der Waals surface area contributed by atoms with E-state index in [1.807, 2.05) is 18.7 Å². The molecule has 0 fully saturated rings. The second-order valence-electron chi connectivity index (χ2n) is 3.99. The summed E-state index contributed by atoms with van der Waals surface area (Å²) in [6, 6.07) is 3.97. The molecule has 0 aliphatic rings. The summed E-state index contributed by atoms with van der Waals surface area (Å²) in [7, 11) is 0. The summed E-state index contributed by atoms with van der Waals surface area (Å²) in [6.45, 7) is 4.42. The Labute approximate surface area is 94.5 Å². The molecule has 0 atom stereocenters. The zero-order valence-electron chi connectivity index (χ0n) is 9.58. The summed E-state index contributed by atoms with van der Waals surface area (Å²) in [5.41, 5.74) is 0.0599. The minimum absolute atomic E-state index is 0.0196. The van der Waals surface area contributed by atoms with Gasteiger partial charge in [0.15, 0.2) is 0 Å². The second-order valence-corrected chi connectivity index (χ2v) is 3.99. The fourth-order valence-corrected chi connectivity index (χ4v) is 1.53. The number of hydrogen-bond acceptors (Lipinski definition) is 2. The highest BCUT2D eigenvalue weighted by Gasteiger charge is 2.15. The fraction of sp³-hybridized carbons (Fsp3) is 0.500. The van der Waals surface area contributed by atoms with E-state index in [9.17, 15) is 8.78 Å². The number of hydrogen-bond donors (Lipinski definition) is 1. The zero-order chi connectivity index (χ0) is 12.1. The molecule has 0 unspecified atom stereocenters. The minimum atomic E-state index is -0.538. The summed E-state index contributed by atoms with van der Waals surface area (Å²) in [5, 5.41) is 8.87. The highest BCUT2D eigenvalue weighted by molar-refractivity contribution is 5.19. The molecule has 16 heavy (non-hydrogen) atoms. The topological polar surface area (TPSA) is 23.5 Å². The molecule has 2 nitrogen and oxygen atoms in total. The van der Waals surface area contributed by atoms with Crippen molar-refractivity contribution in [3.8, 4) is 0 Å². The van der Waals surface area contributed by atoms with E-state index in [-0.39, 0.29) is 24.8 Å². The molecule has 0 heterocycles. The van der Waals surface area contributed by atoms with Gasteiger partial charge in [0.1, 0.15) is 11.6 Å². The Morgan fingerprint density at radius 3 is 2.25 bits per heavy atom. The van der Waals surface area contributed by atoms with Crippen molar-refractivity contribution in [3.63, 3.8) is 0 Å². The standard InChI is InChI=1S/C12H17F2NO/c1-9(2)15(6-7-16)8-10-11(13)4-3-5-12(10)14/h3-5,9,16H,6-8H2,1-2H3. The molecule has 0 saturated heterocycles. The van der Waals surface area contributed by atoms with Gasteiger partial charge in [-0.2, -0.15) is 0 Å². The predicted molar refractivity (Wildman–Crippen MR) is 59.0 cm³/mol. The molecule has 0 aliphatic carbocycles. The molecule has 0 aliphatic heterocycles. The number of benzene rings is 1. The van der Waals surface area contributed by atoms with Crippen molar-refractivity contribution < 1.29 is 13.9 Å². The number of nitrogens with zero attached hydrogens (tertiary/aromatic N) is 1. The van der Waals surface area contributed by atoms with Crippen LogP contribution < -0.4 is 0 Å². The molecule has 4 heteroatoms. The maximum atomic E-state index is 13.4. The number of aliphatic hydroxyl groups excluding tert-OH is 1. The van der Waals surface area contributed by atoms with Crippen LogP contribution in [0.15, 0.2) is 18.2 Å². The van der Waals surface area contributed by atoms with Crippen molar-refractivity contribution in [2.24, 2.45) is 0 Å². The highest BCUT2D eigenvalue weighted by atomic mass is 19.1. The summed E-state index contributed by atoms with van der Waals surface area (Å²) in [4.78, 5) is 1.82. The van der Waals surface area contributed by atoms with Crippen LogP contribution in [0.1, 0.15) is 19.4 Å². The van der Waals surface area contributed by atoms with Crippen molar-refractivity contribution in [2.45, 2.75) is 26.4 Å². The van der Waals surface area contributed by atoms with Gasteiger partial charge in [-0.3, -0.25) is 4.90 Å². The molecule has 0 bridgehead atoms. The van der Waals surface area contributed by atoms with E-state index in [0.717, 1.165) is 0 Å². The third-order valence-corrected chi connectivity index (χ3v) is 2.54. The van der Waals surface area contributed by atoms with E-state index in [1.54, 1.807) is 0 Å². The van der Waals surface area contributed by atoms with Crippen LogP contribution >= 0.6 is 0 Å². The van der Waals surface area contributed by atoms with E-state index >= 15 is 0 Å². The third-order valence-electron chi connectivity index (χ3n) is 2.54. The monoisotopic (exact) mass is 229 g/mol. The van der Waals surface area contributed by atoms with Gasteiger partial charge in [0.25, 0.3) is 0 Å². The van der Waals surface area contributed by atoms with E-state index in [0.29, 0.717) is 6.54 Å². The van der Waals surface area contributed by atoms with E-state index in [4.69, 9.17) is 5.11 Å². The zero-order valence-corrected chi connectivity index (χ0v) is 9.58. The van der Waals surface area contributed by atoms with Crippen molar-refractivity contribution in [2.75, 3.05) is 13.2 Å². The van der Waals surface area contributed by atoms with Gasteiger partial charge in [-0.25, -0.2) is 8.78 Å². The highest BCUT2D eigenvalue weighted by Crippen LogP contribution is 2.15. The maximum absolute atomic E-state index is 13.4. The Hall–Kier alpha value is -1.00. The molecule has 0 amide bonds. The Kier molecular flexibility index (Phi) is 4.83.